The Labute approximate surface area is 170 Å². The Kier molecular flexibility index (Phi) is 8.32. The second-order valence-corrected chi connectivity index (χ2v) is 7.36. The van der Waals surface area contributed by atoms with E-state index < -0.39 is 12.0 Å². The highest BCUT2D eigenvalue weighted by atomic mass is 16.5. The summed E-state index contributed by atoms with van der Waals surface area (Å²) < 4.78 is 12.5. The molecule has 29 heavy (non-hydrogen) atoms. The van der Waals surface area contributed by atoms with E-state index in [1.54, 1.807) is 12.5 Å². The fourth-order valence-corrected chi connectivity index (χ4v) is 2.69. The summed E-state index contributed by atoms with van der Waals surface area (Å²) in [4.78, 5) is 36.2. The van der Waals surface area contributed by atoms with Crippen LogP contribution in [0.15, 0.2) is 12.5 Å². The number of anilines is 1. The van der Waals surface area contributed by atoms with Crippen molar-refractivity contribution in [3.63, 3.8) is 0 Å². The Balaban J connectivity index is 2.02. The van der Waals surface area contributed by atoms with Crippen LogP contribution < -0.4 is 11.5 Å². The number of fused-ring (bicyclic) bond motifs is 1. The predicted octanol–water partition coefficient (Wildman–Crippen LogP) is 1.28. The van der Waals surface area contributed by atoms with E-state index in [0.29, 0.717) is 30.6 Å². The van der Waals surface area contributed by atoms with E-state index >= 15 is 0 Å². The summed E-state index contributed by atoms with van der Waals surface area (Å²) in [6.45, 7) is 6.49. The Bertz CT molecular complexity index is 822. The minimum absolute atomic E-state index is 0.00393. The summed E-state index contributed by atoms with van der Waals surface area (Å²) in [7, 11) is 0. The van der Waals surface area contributed by atoms with Crippen LogP contribution in [-0.2, 0) is 25.6 Å². The summed E-state index contributed by atoms with van der Waals surface area (Å²) in [5.74, 6) is -0.640. The lowest BCUT2D eigenvalue weighted by molar-refractivity contribution is -0.149. The van der Waals surface area contributed by atoms with Crippen molar-refractivity contribution in [2.75, 3.05) is 18.9 Å². The van der Waals surface area contributed by atoms with Gasteiger partial charge in [0.15, 0.2) is 5.65 Å². The van der Waals surface area contributed by atoms with Crippen molar-refractivity contribution in [3.8, 4) is 0 Å². The summed E-state index contributed by atoms with van der Waals surface area (Å²) >= 11 is 0. The number of rotatable bonds is 11. The average molecular weight is 406 g/mol. The number of hydrogen-bond acceptors (Lipinski definition) is 9. The normalized spacial score (nSPS) is 13.4. The monoisotopic (exact) mass is 406 g/mol. The molecule has 0 spiro atoms. The molecule has 2 heterocycles. The van der Waals surface area contributed by atoms with Gasteiger partial charge >= 0.3 is 11.9 Å². The van der Waals surface area contributed by atoms with Gasteiger partial charge in [0.2, 0.25) is 5.95 Å². The maximum atomic E-state index is 12.0. The number of nitrogens with two attached hydrogens (primary N) is 2. The van der Waals surface area contributed by atoms with Crippen LogP contribution in [0.3, 0.4) is 0 Å². The van der Waals surface area contributed by atoms with E-state index in [4.69, 9.17) is 20.9 Å². The zero-order valence-corrected chi connectivity index (χ0v) is 17.2. The number of hydrogen-bond donors (Lipinski definition) is 2. The van der Waals surface area contributed by atoms with Gasteiger partial charge in [0.05, 0.1) is 25.7 Å². The number of carbonyl (C=O) groups excluding carboxylic acids is 2. The van der Waals surface area contributed by atoms with Gasteiger partial charge in [-0.2, -0.15) is 4.98 Å². The molecular formula is C19H30N6O4. The highest BCUT2D eigenvalue weighted by molar-refractivity contribution is 5.75. The van der Waals surface area contributed by atoms with Gasteiger partial charge in [-0.05, 0) is 18.8 Å². The second-order valence-electron chi connectivity index (χ2n) is 7.36. The number of carbonyl (C=O) groups is 2. The summed E-state index contributed by atoms with van der Waals surface area (Å²) in [5, 5.41) is 0. The first-order valence-corrected chi connectivity index (χ1v) is 9.83. The number of ether oxygens (including phenoxy) is 2. The SMILES string of the molecule is CCCC(=O)OCC(CCOC(=O)[C@@H](N)C(C)C)Cn1cnc2cnc(N)nc21. The van der Waals surface area contributed by atoms with Crippen LogP contribution in [0.25, 0.3) is 11.2 Å². The van der Waals surface area contributed by atoms with Crippen molar-refractivity contribution >= 4 is 29.1 Å². The van der Waals surface area contributed by atoms with Crippen LogP contribution in [-0.4, -0.2) is 50.7 Å². The molecule has 10 heteroatoms. The van der Waals surface area contributed by atoms with Gasteiger partial charge in [0.25, 0.3) is 0 Å². The highest BCUT2D eigenvalue weighted by Gasteiger charge is 2.20. The Hall–Kier alpha value is -2.75. The Morgan fingerprint density at radius 3 is 2.69 bits per heavy atom. The zero-order chi connectivity index (χ0) is 21.4. The quantitative estimate of drug-likeness (QED) is 0.526. The molecule has 0 aliphatic heterocycles. The van der Waals surface area contributed by atoms with Crippen LogP contribution in [0, 0.1) is 11.8 Å². The van der Waals surface area contributed by atoms with E-state index in [9.17, 15) is 9.59 Å². The van der Waals surface area contributed by atoms with Crippen LogP contribution in [0.5, 0.6) is 0 Å². The minimum Gasteiger partial charge on any atom is -0.465 e. The molecule has 2 atom stereocenters. The van der Waals surface area contributed by atoms with Gasteiger partial charge in [-0.15, -0.1) is 0 Å². The van der Waals surface area contributed by atoms with Gasteiger partial charge in [0, 0.05) is 18.9 Å². The molecule has 0 amide bonds. The molecule has 0 aromatic carbocycles. The molecule has 160 valence electrons. The molecule has 0 saturated carbocycles. The predicted molar refractivity (Wildman–Crippen MR) is 107 cm³/mol. The van der Waals surface area contributed by atoms with Crippen molar-refractivity contribution in [1.29, 1.82) is 0 Å². The number of esters is 2. The van der Waals surface area contributed by atoms with E-state index in [-0.39, 0.29) is 37.0 Å². The molecule has 1 unspecified atom stereocenters. The van der Waals surface area contributed by atoms with E-state index in [1.165, 1.54) is 0 Å². The fraction of sp³-hybridized carbons (Fsp3) is 0.632. The molecule has 0 saturated heterocycles. The van der Waals surface area contributed by atoms with Crippen LogP contribution in [0.4, 0.5) is 5.95 Å². The smallest absolute Gasteiger partial charge is 0.323 e. The number of imidazole rings is 1. The van der Waals surface area contributed by atoms with Gasteiger partial charge in [-0.1, -0.05) is 20.8 Å². The summed E-state index contributed by atoms with van der Waals surface area (Å²) in [6, 6.07) is -0.659. The molecule has 0 fully saturated rings. The Morgan fingerprint density at radius 2 is 2.00 bits per heavy atom. The van der Waals surface area contributed by atoms with Crippen molar-refractivity contribution in [1.82, 2.24) is 19.5 Å². The van der Waals surface area contributed by atoms with Crippen LogP contribution in [0.2, 0.25) is 0 Å². The van der Waals surface area contributed by atoms with Crippen molar-refractivity contribution in [2.24, 2.45) is 17.6 Å². The fourth-order valence-electron chi connectivity index (χ4n) is 2.69. The maximum absolute atomic E-state index is 12.0. The first-order chi connectivity index (χ1) is 13.8. The van der Waals surface area contributed by atoms with Crippen molar-refractivity contribution in [2.45, 2.75) is 52.6 Å². The summed E-state index contributed by atoms with van der Waals surface area (Å²) in [5.41, 5.74) is 12.7. The van der Waals surface area contributed by atoms with Crippen molar-refractivity contribution in [3.05, 3.63) is 12.5 Å². The van der Waals surface area contributed by atoms with Gasteiger partial charge in [-0.3, -0.25) is 9.59 Å². The van der Waals surface area contributed by atoms with Gasteiger partial charge in [0.1, 0.15) is 11.6 Å². The number of nitrogens with zero attached hydrogens (tertiary/aromatic N) is 4. The largest absolute Gasteiger partial charge is 0.465 e. The van der Waals surface area contributed by atoms with Crippen LogP contribution in [0.1, 0.15) is 40.0 Å². The molecule has 10 nitrogen and oxygen atoms in total. The van der Waals surface area contributed by atoms with Crippen LogP contribution >= 0.6 is 0 Å². The molecule has 2 aromatic rings. The molecule has 2 aromatic heterocycles. The molecular weight excluding hydrogens is 376 g/mol. The summed E-state index contributed by atoms with van der Waals surface area (Å²) in [6.07, 6.45) is 4.77. The van der Waals surface area contributed by atoms with E-state index in [2.05, 4.69) is 15.0 Å². The molecule has 4 N–H and O–H groups in total. The van der Waals surface area contributed by atoms with E-state index in [1.807, 2.05) is 25.3 Å². The average Bonchev–Trinajstić information content (AvgIpc) is 3.07. The van der Waals surface area contributed by atoms with E-state index in [0.717, 1.165) is 6.42 Å². The second kappa shape index (κ2) is 10.7. The minimum atomic E-state index is -0.659. The molecule has 0 bridgehead atoms. The molecule has 2 rings (SSSR count). The lowest BCUT2D eigenvalue weighted by Crippen LogP contribution is -2.37. The third-order valence-electron chi connectivity index (χ3n) is 4.53. The zero-order valence-electron chi connectivity index (χ0n) is 17.2. The molecule has 0 aliphatic carbocycles. The van der Waals surface area contributed by atoms with Gasteiger partial charge < -0.3 is 25.5 Å². The number of aromatic nitrogens is 4. The standard InChI is InChI=1S/C19H30N6O4/c1-4-5-15(26)29-10-13(6-7-28-18(27)16(20)12(2)3)9-25-11-23-14-8-22-19(21)24-17(14)25/h8,11-13,16H,4-7,9-10,20H2,1-3H3,(H2,21,22,24)/t13?,16-/m0/s1. The third kappa shape index (κ3) is 6.67. The third-order valence-corrected chi connectivity index (χ3v) is 4.53. The first kappa shape index (κ1) is 22.5. The lowest BCUT2D eigenvalue weighted by Gasteiger charge is -2.19. The first-order valence-electron chi connectivity index (χ1n) is 9.83. The molecule has 0 aliphatic rings. The highest BCUT2D eigenvalue weighted by Crippen LogP contribution is 2.15. The Morgan fingerprint density at radius 1 is 1.24 bits per heavy atom. The maximum Gasteiger partial charge on any atom is 0.323 e. The molecule has 0 radical (unpaired) electrons. The topological polar surface area (TPSA) is 148 Å². The lowest BCUT2D eigenvalue weighted by atomic mass is 10.1. The number of nitrogen functional groups attached to an aromatic ring is 1. The van der Waals surface area contributed by atoms with Gasteiger partial charge in [-0.25, -0.2) is 9.97 Å². The van der Waals surface area contributed by atoms with Crippen molar-refractivity contribution < 1.29 is 19.1 Å².